The van der Waals surface area contributed by atoms with Crippen molar-refractivity contribution >= 4 is 41.6 Å². The van der Waals surface area contributed by atoms with Gasteiger partial charge in [-0.25, -0.2) is 4.79 Å². The quantitative estimate of drug-likeness (QED) is 0.425. The van der Waals surface area contributed by atoms with E-state index in [4.69, 9.17) is 28.2 Å². The first-order valence-electron chi connectivity index (χ1n) is 3.25. The summed E-state index contributed by atoms with van der Waals surface area (Å²) in [4.78, 5) is 10.9. The lowest BCUT2D eigenvalue weighted by molar-refractivity contribution is 0.0698. The summed E-state index contributed by atoms with van der Waals surface area (Å²) < 4.78 is 0. The third kappa shape index (κ3) is 1.66. The fourth-order valence-electron chi connectivity index (χ4n) is 0.851. The minimum atomic E-state index is -1.17. The van der Waals surface area contributed by atoms with Gasteiger partial charge in [-0.1, -0.05) is 11.6 Å². The number of rotatable bonds is 1. The summed E-state index contributed by atoms with van der Waals surface area (Å²) in [6.45, 7) is 0. The van der Waals surface area contributed by atoms with Crippen LogP contribution in [-0.2, 0) is 0 Å². The standard InChI is InChI=1S/C7H7ClN2O2S/c8-4-5(10)2(7(11)12)1-3(9)6(4)13/h1,13H,9-10H2,(H,11,12). The number of hydrogen-bond donors (Lipinski definition) is 4. The predicted octanol–water partition coefficient (Wildman–Crippen LogP) is 1.49. The van der Waals surface area contributed by atoms with Crippen molar-refractivity contribution in [2.24, 2.45) is 0 Å². The molecule has 0 heterocycles. The molecule has 0 aliphatic carbocycles. The Labute approximate surface area is 84.9 Å². The van der Waals surface area contributed by atoms with Crippen LogP contribution in [0.2, 0.25) is 5.02 Å². The van der Waals surface area contributed by atoms with Crippen LogP contribution in [0.4, 0.5) is 11.4 Å². The summed E-state index contributed by atoms with van der Waals surface area (Å²) in [5.74, 6) is -1.17. The number of hydrogen-bond acceptors (Lipinski definition) is 4. The molecule has 0 bridgehead atoms. The molecule has 0 atom stereocenters. The minimum Gasteiger partial charge on any atom is -0.478 e. The molecule has 0 aliphatic rings. The van der Waals surface area contributed by atoms with Crippen LogP contribution in [0.1, 0.15) is 10.4 Å². The van der Waals surface area contributed by atoms with Gasteiger partial charge < -0.3 is 16.6 Å². The van der Waals surface area contributed by atoms with Gasteiger partial charge in [0.25, 0.3) is 0 Å². The molecule has 1 aromatic carbocycles. The van der Waals surface area contributed by atoms with Gasteiger partial charge in [0, 0.05) is 10.6 Å². The molecule has 0 unspecified atom stereocenters. The monoisotopic (exact) mass is 218 g/mol. The Hall–Kier alpha value is -1.07. The first kappa shape index (κ1) is 10.0. The zero-order valence-electron chi connectivity index (χ0n) is 6.41. The maximum atomic E-state index is 10.6. The van der Waals surface area contributed by atoms with Gasteiger partial charge in [0.15, 0.2) is 0 Å². The summed E-state index contributed by atoms with van der Waals surface area (Å²) in [6.07, 6.45) is 0. The molecule has 5 N–H and O–H groups in total. The van der Waals surface area contributed by atoms with Gasteiger partial charge in [-0.3, -0.25) is 0 Å². The van der Waals surface area contributed by atoms with E-state index in [0.29, 0.717) is 4.90 Å². The van der Waals surface area contributed by atoms with Gasteiger partial charge >= 0.3 is 5.97 Å². The van der Waals surface area contributed by atoms with Crippen LogP contribution in [0.5, 0.6) is 0 Å². The van der Waals surface area contributed by atoms with Crippen LogP contribution in [0.15, 0.2) is 11.0 Å². The number of halogens is 1. The van der Waals surface area contributed by atoms with Crippen molar-refractivity contribution in [1.82, 2.24) is 0 Å². The molecule has 0 saturated heterocycles. The zero-order chi connectivity index (χ0) is 10.2. The second-order valence-corrected chi connectivity index (χ2v) is 3.22. The third-order valence-corrected chi connectivity index (χ3v) is 2.54. The van der Waals surface area contributed by atoms with Crippen molar-refractivity contribution in [3.8, 4) is 0 Å². The van der Waals surface area contributed by atoms with E-state index in [0.717, 1.165) is 0 Å². The Morgan fingerprint density at radius 3 is 2.54 bits per heavy atom. The van der Waals surface area contributed by atoms with Crippen molar-refractivity contribution in [2.75, 3.05) is 11.5 Å². The van der Waals surface area contributed by atoms with E-state index in [9.17, 15) is 4.79 Å². The highest BCUT2D eigenvalue weighted by Crippen LogP contribution is 2.34. The van der Waals surface area contributed by atoms with Crippen molar-refractivity contribution in [1.29, 1.82) is 0 Å². The van der Waals surface area contributed by atoms with E-state index >= 15 is 0 Å². The van der Waals surface area contributed by atoms with Crippen LogP contribution in [0.3, 0.4) is 0 Å². The van der Waals surface area contributed by atoms with Crippen LogP contribution in [0.25, 0.3) is 0 Å². The van der Waals surface area contributed by atoms with E-state index in [1.165, 1.54) is 6.07 Å². The Kier molecular flexibility index (Phi) is 2.58. The molecule has 1 rings (SSSR count). The summed E-state index contributed by atoms with van der Waals surface area (Å²) >= 11 is 9.65. The molecular formula is C7H7ClN2O2S. The molecule has 0 spiro atoms. The summed E-state index contributed by atoms with van der Waals surface area (Å²) in [6, 6.07) is 1.23. The lowest BCUT2D eigenvalue weighted by Gasteiger charge is -2.07. The molecule has 0 radical (unpaired) electrons. The van der Waals surface area contributed by atoms with Gasteiger partial charge in [-0.15, -0.1) is 12.6 Å². The number of carbonyl (C=O) groups is 1. The molecule has 0 aromatic heterocycles. The zero-order valence-corrected chi connectivity index (χ0v) is 8.06. The molecule has 0 aliphatic heterocycles. The minimum absolute atomic E-state index is 0.0200. The molecule has 4 nitrogen and oxygen atoms in total. The molecule has 13 heavy (non-hydrogen) atoms. The maximum absolute atomic E-state index is 10.6. The number of thiol groups is 1. The van der Waals surface area contributed by atoms with Crippen molar-refractivity contribution < 1.29 is 9.90 Å². The number of carboxylic acid groups (broad SMARTS) is 1. The SMILES string of the molecule is Nc1cc(C(=O)O)c(N)c(Cl)c1S. The third-order valence-electron chi connectivity index (χ3n) is 1.54. The average Bonchev–Trinajstić information content (AvgIpc) is 2.07. The second kappa shape index (κ2) is 3.35. The molecule has 0 saturated carbocycles. The van der Waals surface area contributed by atoms with Gasteiger partial charge in [0.05, 0.1) is 16.3 Å². The normalized spacial score (nSPS) is 10.0. The molecule has 0 amide bonds. The summed E-state index contributed by atoms with van der Waals surface area (Å²) in [5.41, 5.74) is 10.9. The number of nitrogen functional groups attached to an aromatic ring is 2. The van der Waals surface area contributed by atoms with Crippen LogP contribution in [-0.4, -0.2) is 11.1 Å². The largest absolute Gasteiger partial charge is 0.478 e. The second-order valence-electron chi connectivity index (χ2n) is 2.39. The van der Waals surface area contributed by atoms with E-state index < -0.39 is 5.97 Å². The van der Waals surface area contributed by atoms with Crippen LogP contribution in [0, 0.1) is 0 Å². The van der Waals surface area contributed by atoms with Gasteiger partial charge in [0.1, 0.15) is 0 Å². The highest BCUT2D eigenvalue weighted by molar-refractivity contribution is 7.80. The highest BCUT2D eigenvalue weighted by atomic mass is 35.5. The highest BCUT2D eigenvalue weighted by Gasteiger charge is 2.15. The van der Waals surface area contributed by atoms with Crippen molar-refractivity contribution in [2.45, 2.75) is 4.90 Å². The van der Waals surface area contributed by atoms with Crippen molar-refractivity contribution in [3.63, 3.8) is 0 Å². The van der Waals surface area contributed by atoms with E-state index in [-0.39, 0.29) is 22.0 Å². The lowest BCUT2D eigenvalue weighted by Crippen LogP contribution is -2.05. The van der Waals surface area contributed by atoms with Crippen LogP contribution >= 0.6 is 24.2 Å². The maximum Gasteiger partial charge on any atom is 0.337 e. The number of nitrogens with two attached hydrogens (primary N) is 2. The first-order valence-corrected chi connectivity index (χ1v) is 4.07. The summed E-state index contributed by atoms with van der Waals surface area (Å²) in [5, 5.41) is 8.76. The topological polar surface area (TPSA) is 89.3 Å². The number of benzene rings is 1. The van der Waals surface area contributed by atoms with Gasteiger partial charge in [0.2, 0.25) is 0 Å². The number of aromatic carboxylic acids is 1. The fourth-order valence-corrected chi connectivity index (χ4v) is 1.25. The van der Waals surface area contributed by atoms with E-state index in [2.05, 4.69) is 12.6 Å². The Bertz CT molecular complexity index is 381. The Morgan fingerprint density at radius 1 is 1.54 bits per heavy atom. The average molecular weight is 219 g/mol. The number of carboxylic acids is 1. The van der Waals surface area contributed by atoms with Gasteiger partial charge in [-0.05, 0) is 6.07 Å². The molecule has 6 heteroatoms. The first-order chi connectivity index (χ1) is 5.95. The fraction of sp³-hybridized carbons (Fsp3) is 0. The molecule has 0 fully saturated rings. The Balaban J connectivity index is 3.50. The molecular weight excluding hydrogens is 212 g/mol. The predicted molar refractivity (Wildman–Crippen MR) is 54.5 cm³/mol. The number of anilines is 2. The lowest BCUT2D eigenvalue weighted by atomic mass is 10.1. The Morgan fingerprint density at radius 2 is 2.08 bits per heavy atom. The molecule has 1 aromatic rings. The van der Waals surface area contributed by atoms with Gasteiger partial charge in [-0.2, -0.15) is 0 Å². The molecule has 70 valence electrons. The van der Waals surface area contributed by atoms with Crippen molar-refractivity contribution in [3.05, 3.63) is 16.7 Å². The smallest absolute Gasteiger partial charge is 0.337 e. The summed E-state index contributed by atoms with van der Waals surface area (Å²) in [7, 11) is 0. The van der Waals surface area contributed by atoms with Crippen LogP contribution < -0.4 is 11.5 Å². The van der Waals surface area contributed by atoms with E-state index in [1.54, 1.807) is 0 Å². The van der Waals surface area contributed by atoms with E-state index in [1.807, 2.05) is 0 Å².